The maximum Gasteiger partial charge on any atom is 0.0989 e. The zero-order chi connectivity index (χ0) is 6.10. The lowest BCUT2D eigenvalue weighted by Crippen LogP contribution is -1.93. The largest absolute Gasteiger partial charge is 0.309 e. The lowest BCUT2D eigenvalue weighted by atomic mass is 10.5. The minimum absolute atomic E-state index is 1.05. The van der Waals surface area contributed by atoms with Crippen LogP contribution in [0.3, 0.4) is 0 Å². The topological polar surface area (TPSA) is 17.8 Å². The van der Waals surface area contributed by atoms with Crippen LogP contribution in [0.5, 0.6) is 0 Å². The minimum Gasteiger partial charge on any atom is -0.309 e. The summed E-state index contributed by atoms with van der Waals surface area (Å²) in [5.41, 5.74) is 1.28. The molecule has 1 aliphatic heterocycles. The molecule has 0 aromatic carbocycles. The third-order valence-electron chi connectivity index (χ3n) is 1.30. The Hall–Kier alpha value is -0.700. The normalized spacial score (nSPS) is 15.6. The number of thioether (sulfide) groups is 1. The van der Waals surface area contributed by atoms with Gasteiger partial charge in [0.05, 0.1) is 12.0 Å². The maximum atomic E-state index is 4.00. The van der Waals surface area contributed by atoms with Crippen molar-refractivity contribution in [2.45, 2.75) is 5.75 Å². The molecule has 0 N–H and O–H groups in total. The summed E-state index contributed by atoms with van der Waals surface area (Å²) in [7, 11) is 0. The molecule has 0 radical (unpaired) electrons. The fourth-order valence-corrected chi connectivity index (χ4v) is 1.53. The van der Waals surface area contributed by atoms with E-state index in [9.17, 15) is 0 Å². The molecule has 1 aromatic heterocycles. The van der Waals surface area contributed by atoms with Crippen molar-refractivity contribution in [2.24, 2.45) is 0 Å². The van der Waals surface area contributed by atoms with Crippen molar-refractivity contribution in [3.05, 3.63) is 23.6 Å². The zero-order valence-corrected chi connectivity index (χ0v) is 5.64. The third-order valence-corrected chi connectivity index (χ3v) is 2.07. The standard InChI is InChI=1S/C6H6N2S/c1-2-9-4-6-3-7-5-8(1)6/h1-3,5H,4H2. The zero-order valence-electron chi connectivity index (χ0n) is 4.82. The summed E-state index contributed by atoms with van der Waals surface area (Å²) in [6, 6.07) is 0. The van der Waals surface area contributed by atoms with E-state index in [-0.39, 0.29) is 0 Å². The first-order valence-corrected chi connectivity index (χ1v) is 3.81. The molecule has 0 amide bonds. The van der Waals surface area contributed by atoms with Gasteiger partial charge in [0.2, 0.25) is 0 Å². The van der Waals surface area contributed by atoms with Crippen LogP contribution in [0.15, 0.2) is 17.9 Å². The van der Waals surface area contributed by atoms with Crippen molar-refractivity contribution in [2.75, 3.05) is 0 Å². The molecule has 0 bridgehead atoms. The van der Waals surface area contributed by atoms with Crippen molar-refractivity contribution >= 4 is 18.0 Å². The van der Waals surface area contributed by atoms with Gasteiger partial charge in [0.15, 0.2) is 0 Å². The van der Waals surface area contributed by atoms with Crippen LogP contribution in [0.4, 0.5) is 0 Å². The van der Waals surface area contributed by atoms with Crippen molar-refractivity contribution in [1.29, 1.82) is 0 Å². The van der Waals surface area contributed by atoms with Gasteiger partial charge in [-0.05, 0) is 5.41 Å². The van der Waals surface area contributed by atoms with E-state index < -0.39 is 0 Å². The molecule has 3 heteroatoms. The molecule has 2 nitrogen and oxygen atoms in total. The van der Waals surface area contributed by atoms with E-state index in [1.165, 1.54) is 5.69 Å². The summed E-state index contributed by atoms with van der Waals surface area (Å²) in [6.07, 6.45) is 5.75. The van der Waals surface area contributed by atoms with Gasteiger partial charge in [-0.3, -0.25) is 0 Å². The van der Waals surface area contributed by atoms with Crippen LogP contribution in [0.2, 0.25) is 0 Å². The predicted molar refractivity (Wildman–Crippen MR) is 38.9 cm³/mol. The second kappa shape index (κ2) is 1.92. The van der Waals surface area contributed by atoms with Crippen molar-refractivity contribution in [3.8, 4) is 0 Å². The van der Waals surface area contributed by atoms with Crippen LogP contribution in [0.1, 0.15) is 5.69 Å². The predicted octanol–water partition coefficient (Wildman–Crippen LogP) is 1.56. The molecule has 2 heterocycles. The van der Waals surface area contributed by atoms with Crippen LogP contribution in [-0.4, -0.2) is 9.55 Å². The van der Waals surface area contributed by atoms with Gasteiger partial charge in [0.1, 0.15) is 0 Å². The number of hydrogen-bond donors (Lipinski definition) is 0. The summed E-state index contributed by atoms with van der Waals surface area (Å²) in [6.45, 7) is 0. The second-order valence-electron chi connectivity index (χ2n) is 1.89. The van der Waals surface area contributed by atoms with E-state index >= 15 is 0 Å². The molecular weight excluding hydrogens is 132 g/mol. The monoisotopic (exact) mass is 138 g/mol. The molecule has 1 aliphatic rings. The highest BCUT2D eigenvalue weighted by atomic mass is 32.2. The fourth-order valence-electron chi connectivity index (χ4n) is 0.820. The Labute approximate surface area is 57.6 Å². The smallest absolute Gasteiger partial charge is 0.0989 e. The van der Waals surface area contributed by atoms with E-state index in [0.29, 0.717) is 0 Å². The highest BCUT2D eigenvalue weighted by molar-refractivity contribution is 8.01. The van der Waals surface area contributed by atoms with Gasteiger partial charge in [0.25, 0.3) is 0 Å². The molecule has 46 valence electrons. The highest BCUT2D eigenvalue weighted by Gasteiger charge is 2.01. The van der Waals surface area contributed by atoms with Gasteiger partial charge in [-0.25, -0.2) is 4.98 Å². The third kappa shape index (κ3) is 0.772. The van der Waals surface area contributed by atoms with Crippen LogP contribution in [0.25, 0.3) is 6.20 Å². The van der Waals surface area contributed by atoms with Crippen molar-refractivity contribution in [3.63, 3.8) is 0 Å². The minimum atomic E-state index is 1.05. The van der Waals surface area contributed by atoms with Gasteiger partial charge in [-0.2, -0.15) is 0 Å². The number of imidazole rings is 1. The second-order valence-corrected chi connectivity index (χ2v) is 2.78. The summed E-state index contributed by atoms with van der Waals surface area (Å²) in [5, 5.41) is 2.08. The molecule has 0 fully saturated rings. The fraction of sp³-hybridized carbons (Fsp3) is 0.167. The first kappa shape index (κ1) is 5.11. The van der Waals surface area contributed by atoms with Crippen LogP contribution < -0.4 is 0 Å². The molecule has 0 saturated carbocycles. The summed E-state index contributed by atoms with van der Waals surface area (Å²) < 4.78 is 2.04. The average molecular weight is 138 g/mol. The number of hydrogen-bond acceptors (Lipinski definition) is 2. The Balaban J connectivity index is 2.53. The number of fused-ring (bicyclic) bond motifs is 1. The average Bonchev–Trinajstić information content (AvgIpc) is 2.33. The lowest BCUT2D eigenvalue weighted by Gasteiger charge is -2.04. The molecule has 0 unspecified atom stereocenters. The van der Waals surface area contributed by atoms with E-state index in [0.717, 1.165) is 5.75 Å². The molecule has 1 aromatic rings. The molecule has 0 aliphatic carbocycles. The molecule has 0 spiro atoms. The summed E-state index contributed by atoms with van der Waals surface area (Å²) >= 11 is 1.80. The maximum absolute atomic E-state index is 4.00. The Bertz CT molecular complexity index is 239. The van der Waals surface area contributed by atoms with E-state index in [4.69, 9.17) is 0 Å². The SMILES string of the molecule is C1=Cn2cncc2CS1. The molecular formula is C6H6N2S. The Morgan fingerprint density at radius 1 is 1.67 bits per heavy atom. The first-order valence-electron chi connectivity index (χ1n) is 2.76. The number of aromatic nitrogens is 2. The Morgan fingerprint density at radius 2 is 2.67 bits per heavy atom. The van der Waals surface area contributed by atoms with Crippen LogP contribution in [-0.2, 0) is 5.75 Å². The van der Waals surface area contributed by atoms with Crippen LogP contribution in [0, 0.1) is 0 Å². The summed E-state index contributed by atoms with van der Waals surface area (Å²) in [4.78, 5) is 4.00. The van der Waals surface area contributed by atoms with Gasteiger partial charge >= 0.3 is 0 Å². The number of nitrogens with zero attached hydrogens (tertiary/aromatic N) is 2. The summed E-state index contributed by atoms with van der Waals surface area (Å²) in [5.74, 6) is 1.05. The van der Waals surface area contributed by atoms with E-state index in [2.05, 4.69) is 10.4 Å². The molecule has 0 saturated heterocycles. The number of rotatable bonds is 0. The Kier molecular flexibility index (Phi) is 1.09. The molecule has 0 atom stereocenters. The van der Waals surface area contributed by atoms with E-state index in [1.54, 1.807) is 11.8 Å². The lowest BCUT2D eigenvalue weighted by molar-refractivity contribution is 1.06. The van der Waals surface area contributed by atoms with Crippen molar-refractivity contribution in [1.82, 2.24) is 9.55 Å². The van der Waals surface area contributed by atoms with Gasteiger partial charge in [-0.15, -0.1) is 11.8 Å². The molecule has 9 heavy (non-hydrogen) atoms. The highest BCUT2D eigenvalue weighted by Crippen LogP contribution is 2.18. The van der Waals surface area contributed by atoms with E-state index in [1.807, 2.05) is 23.3 Å². The quantitative estimate of drug-likeness (QED) is 0.541. The molecule has 2 rings (SSSR count). The van der Waals surface area contributed by atoms with Crippen molar-refractivity contribution < 1.29 is 0 Å². The Morgan fingerprint density at radius 3 is 3.56 bits per heavy atom. The van der Waals surface area contributed by atoms with Crippen LogP contribution >= 0.6 is 11.8 Å². The van der Waals surface area contributed by atoms with Gasteiger partial charge < -0.3 is 4.57 Å². The van der Waals surface area contributed by atoms with Gasteiger partial charge in [0, 0.05) is 18.1 Å². The first-order chi connectivity index (χ1) is 4.47. The van der Waals surface area contributed by atoms with Gasteiger partial charge in [-0.1, -0.05) is 0 Å².